The van der Waals surface area contributed by atoms with Gasteiger partial charge in [0.15, 0.2) is 17.5 Å². The van der Waals surface area contributed by atoms with Crippen molar-refractivity contribution in [2.75, 3.05) is 13.2 Å². The number of aliphatic hydroxyl groups is 1. The largest absolute Gasteiger partial charge is 0.396 e. The van der Waals surface area contributed by atoms with Crippen LogP contribution in [0.1, 0.15) is 24.9 Å². The summed E-state index contributed by atoms with van der Waals surface area (Å²) in [6.07, 6.45) is 0.318. The van der Waals surface area contributed by atoms with E-state index in [9.17, 15) is 13.2 Å². The molecule has 2 N–H and O–H groups in total. The number of halogens is 3. The van der Waals surface area contributed by atoms with Gasteiger partial charge >= 0.3 is 0 Å². The maximum Gasteiger partial charge on any atom is 0.194 e. The lowest BCUT2D eigenvalue weighted by Gasteiger charge is -2.17. The van der Waals surface area contributed by atoms with E-state index in [2.05, 4.69) is 5.32 Å². The molecule has 90 valence electrons. The minimum Gasteiger partial charge on any atom is -0.396 e. The summed E-state index contributed by atoms with van der Waals surface area (Å²) in [7, 11) is 0. The van der Waals surface area contributed by atoms with Gasteiger partial charge in [-0.05, 0) is 30.7 Å². The molecule has 0 aliphatic heterocycles. The molecule has 1 aromatic carbocycles. The van der Waals surface area contributed by atoms with Crippen molar-refractivity contribution in [3.05, 3.63) is 35.1 Å². The van der Waals surface area contributed by atoms with Crippen LogP contribution in [0, 0.1) is 17.5 Å². The third kappa shape index (κ3) is 2.96. The summed E-state index contributed by atoms with van der Waals surface area (Å²) in [5.41, 5.74) is 0.298. The zero-order valence-corrected chi connectivity index (χ0v) is 8.93. The third-order valence-corrected chi connectivity index (χ3v) is 2.28. The molecule has 1 unspecified atom stereocenters. The average molecular weight is 233 g/mol. The first-order valence-electron chi connectivity index (χ1n) is 5.08. The molecule has 1 atom stereocenters. The fourth-order valence-corrected chi connectivity index (χ4v) is 1.54. The van der Waals surface area contributed by atoms with Crippen molar-refractivity contribution < 1.29 is 18.3 Å². The standard InChI is InChI=1S/C11H14F3NO/c1-2-15-10(3-4-16)7-5-8(12)11(14)9(13)6-7/h5-6,10,15-16H,2-4H2,1H3. The molecule has 5 heteroatoms. The van der Waals surface area contributed by atoms with E-state index in [1.807, 2.05) is 6.92 Å². The van der Waals surface area contributed by atoms with E-state index in [1.165, 1.54) is 0 Å². The van der Waals surface area contributed by atoms with Crippen molar-refractivity contribution in [1.82, 2.24) is 5.32 Å². The molecule has 0 saturated heterocycles. The highest BCUT2D eigenvalue weighted by atomic mass is 19.2. The molecule has 0 fully saturated rings. The zero-order chi connectivity index (χ0) is 12.1. The molecule has 1 rings (SSSR count). The fourth-order valence-electron chi connectivity index (χ4n) is 1.54. The third-order valence-electron chi connectivity index (χ3n) is 2.28. The van der Waals surface area contributed by atoms with Crippen molar-refractivity contribution in [3.8, 4) is 0 Å². The summed E-state index contributed by atoms with van der Waals surface area (Å²) in [6, 6.07) is 1.52. The molecule has 0 amide bonds. The van der Waals surface area contributed by atoms with E-state index in [0.717, 1.165) is 12.1 Å². The molecule has 0 aliphatic rings. The Bertz CT molecular complexity index is 328. The van der Waals surface area contributed by atoms with Gasteiger partial charge in [0.05, 0.1) is 0 Å². The molecule has 1 aromatic rings. The van der Waals surface area contributed by atoms with E-state index in [0.29, 0.717) is 18.5 Å². The van der Waals surface area contributed by atoms with Crippen molar-refractivity contribution in [2.24, 2.45) is 0 Å². The smallest absolute Gasteiger partial charge is 0.194 e. The molecule has 0 radical (unpaired) electrons. The van der Waals surface area contributed by atoms with Gasteiger partial charge in [-0.3, -0.25) is 0 Å². The normalized spacial score (nSPS) is 12.8. The summed E-state index contributed by atoms with van der Waals surface area (Å²) in [5.74, 6) is -3.89. The molecule has 0 heterocycles. The van der Waals surface area contributed by atoms with E-state index in [4.69, 9.17) is 5.11 Å². The second-order valence-corrected chi connectivity index (χ2v) is 3.42. The van der Waals surface area contributed by atoms with Gasteiger partial charge < -0.3 is 10.4 Å². The summed E-state index contributed by atoms with van der Waals surface area (Å²) in [6.45, 7) is 2.31. The lowest BCUT2D eigenvalue weighted by atomic mass is 10.0. The van der Waals surface area contributed by atoms with E-state index in [-0.39, 0.29) is 12.6 Å². The first kappa shape index (κ1) is 13.0. The second-order valence-electron chi connectivity index (χ2n) is 3.42. The molecule has 2 nitrogen and oxygen atoms in total. The van der Waals surface area contributed by atoms with Gasteiger partial charge in [0.25, 0.3) is 0 Å². The number of rotatable bonds is 5. The van der Waals surface area contributed by atoms with E-state index in [1.54, 1.807) is 0 Å². The molecule has 0 saturated carbocycles. The topological polar surface area (TPSA) is 32.3 Å². The van der Waals surface area contributed by atoms with Crippen LogP contribution in [0.4, 0.5) is 13.2 Å². The molecule has 0 spiro atoms. The summed E-state index contributed by atoms with van der Waals surface area (Å²) < 4.78 is 38.7. The van der Waals surface area contributed by atoms with Gasteiger partial charge in [-0.2, -0.15) is 0 Å². The highest BCUT2D eigenvalue weighted by Gasteiger charge is 2.16. The Hall–Kier alpha value is -1.07. The Morgan fingerprint density at radius 3 is 2.25 bits per heavy atom. The van der Waals surface area contributed by atoms with Crippen molar-refractivity contribution in [1.29, 1.82) is 0 Å². The minimum absolute atomic E-state index is 0.113. The van der Waals surface area contributed by atoms with Crippen LogP contribution in [0.25, 0.3) is 0 Å². The molecular weight excluding hydrogens is 219 g/mol. The predicted octanol–water partition coefficient (Wildman–Crippen LogP) is 2.14. The number of benzene rings is 1. The zero-order valence-electron chi connectivity index (χ0n) is 8.93. The Morgan fingerprint density at radius 1 is 1.25 bits per heavy atom. The van der Waals surface area contributed by atoms with E-state index >= 15 is 0 Å². The highest BCUT2D eigenvalue weighted by Crippen LogP contribution is 2.21. The first-order chi connectivity index (χ1) is 7.60. The molecule has 0 aliphatic carbocycles. The quantitative estimate of drug-likeness (QED) is 0.764. The first-order valence-corrected chi connectivity index (χ1v) is 5.08. The van der Waals surface area contributed by atoms with Crippen LogP contribution in [0.2, 0.25) is 0 Å². The summed E-state index contributed by atoms with van der Waals surface area (Å²) in [5, 5.41) is 11.8. The van der Waals surface area contributed by atoms with Crippen LogP contribution in [0.3, 0.4) is 0 Å². The lowest BCUT2D eigenvalue weighted by molar-refractivity contribution is 0.266. The number of nitrogens with one attached hydrogen (secondary N) is 1. The van der Waals surface area contributed by atoms with Crippen molar-refractivity contribution >= 4 is 0 Å². The summed E-state index contributed by atoms with van der Waals surface area (Å²) >= 11 is 0. The van der Waals surface area contributed by atoms with Crippen molar-refractivity contribution in [2.45, 2.75) is 19.4 Å². The lowest BCUT2D eigenvalue weighted by Crippen LogP contribution is -2.22. The van der Waals surface area contributed by atoms with Gasteiger partial charge in [-0.1, -0.05) is 6.92 Å². The SMILES string of the molecule is CCNC(CCO)c1cc(F)c(F)c(F)c1. The fraction of sp³-hybridized carbons (Fsp3) is 0.455. The number of hydrogen-bond donors (Lipinski definition) is 2. The maximum absolute atomic E-state index is 13.0. The van der Waals surface area contributed by atoms with Crippen LogP contribution in [0.15, 0.2) is 12.1 Å². The minimum atomic E-state index is -1.47. The monoisotopic (exact) mass is 233 g/mol. The van der Waals surface area contributed by atoms with Gasteiger partial charge in [0.1, 0.15) is 0 Å². The molecule has 16 heavy (non-hydrogen) atoms. The van der Waals surface area contributed by atoms with Crippen molar-refractivity contribution in [3.63, 3.8) is 0 Å². The van der Waals surface area contributed by atoms with Crippen LogP contribution in [-0.4, -0.2) is 18.3 Å². The average Bonchev–Trinajstić information content (AvgIpc) is 2.25. The molecule has 0 aromatic heterocycles. The van der Waals surface area contributed by atoms with Crippen LogP contribution in [0.5, 0.6) is 0 Å². The Kier molecular flexibility index (Phi) is 4.76. The van der Waals surface area contributed by atoms with Gasteiger partial charge in [0.2, 0.25) is 0 Å². The van der Waals surface area contributed by atoms with Gasteiger partial charge in [0, 0.05) is 12.6 Å². The molecule has 0 bridgehead atoms. The Morgan fingerprint density at radius 2 is 1.81 bits per heavy atom. The van der Waals surface area contributed by atoms with Gasteiger partial charge in [-0.15, -0.1) is 0 Å². The number of aliphatic hydroxyl groups excluding tert-OH is 1. The van der Waals surface area contributed by atoms with Crippen LogP contribution >= 0.6 is 0 Å². The van der Waals surface area contributed by atoms with E-state index < -0.39 is 17.5 Å². The highest BCUT2D eigenvalue weighted by molar-refractivity contribution is 5.22. The van der Waals surface area contributed by atoms with Crippen LogP contribution in [-0.2, 0) is 0 Å². The Balaban J connectivity index is 3.00. The van der Waals surface area contributed by atoms with Crippen LogP contribution < -0.4 is 5.32 Å². The summed E-state index contributed by atoms with van der Waals surface area (Å²) in [4.78, 5) is 0. The second kappa shape index (κ2) is 5.86. The Labute approximate surface area is 92.1 Å². The molecular formula is C11H14F3NO. The maximum atomic E-state index is 13.0. The van der Waals surface area contributed by atoms with Gasteiger partial charge in [-0.25, -0.2) is 13.2 Å². The number of hydrogen-bond acceptors (Lipinski definition) is 2. The predicted molar refractivity (Wildman–Crippen MR) is 54.4 cm³/mol.